The highest BCUT2D eigenvalue weighted by Gasteiger charge is 2.49. The first-order chi connectivity index (χ1) is 12.0. The molecule has 1 aliphatic heterocycles. The summed E-state index contributed by atoms with van der Waals surface area (Å²) in [5, 5.41) is 13.0. The van der Waals surface area contributed by atoms with Gasteiger partial charge in [0.05, 0.1) is 12.2 Å². The summed E-state index contributed by atoms with van der Waals surface area (Å²) in [5.74, 6) is -2.76. The minimum Gasteiger partial charge on any atom is -0.437 e. The first-order valence-electron chi connectivity index (χ1n) is 6.98. The van der Waals surface area contributed by atoms with Crippen molar-refractivity contribution in [3.05, 3.63) is 42.5 Å². The van der Waals surface area contributed by atoms with Gasteiger partial charge in [-0.1, -0.05) is 0 Å². The zero-order chi connectivity index (χ0) is 18.0. The molecule has 1 aromatic carbocycles. The molecular formula is C13H12FN9O2. The summed E-state index contributed by atoms with van der Waals surface area (Å²) in [6, 6.07) is 5.73. The molecular weight excluding hydrogens is 333 g/mol. The van der Waals surface area contributed by atoms with Crippen LogP contribution < -0.4 is 4.90 Å². The van der Waals surface area contributed by atoms with Crippen molar-refractivity contribution in [1.82, 2.24) is 9.78 Å². The van der Waals surface area contributed by atoms with E-state index >= 15 is 0 Å². The minimum absolute atomic E-state index is 0.188. The smallest absolute Gasteiger partial charge is 0.414 e. The summed E-state index contributed by atoms with van der Waals surface area (Å²) in [4.78, 5) is 13.2. The molecule has 0 aliphatic carbocycles. The van der Waals surface area contributed by atoms with E-state index in [0.29, 0.717) is 0 Å². The van der Waals surface area contributed by atoms with E-state index in [9.17, 15) is 9.18 Å². The van der Waals surface area contributed by atoms with E-state index < -0.39 is 23.8 Å². The van der Waals surface area contributed by atoms with Crippen LogP contribution >= 0.6 is 0 Å². The maximum absolute atomic E-state index is 14.3. The number of aromatic nitrogens is 2. The molecule has 2 aromatic rings. The topological polar surface area (TPSA) is 156 Å². The van der Waals surface area contributed by atoms with Crippen molar-refractivity contribution in [1.29, 1.82) is 16.6 Å². The fourth-order valence-corrected chi connectivity index (χ4v) is 2.43. The van der Waals surface area contributed by atoms with Crippen LogP contribution in [0.2, 0.25) is 0 Å². The molecule has 1 unspecified atom stereocenters. The summed E-state index contributed by atoms with van der Waals surface area (Å²) < 4.78 is 20.7. The van der Waals surface area contributed by atoms with Crippen LogP contribution in [0, 0.1) is 22.4 Å². The van der Waals surface area contributed by atoms with Crippen LogP contribution in [0.15, 0.2) is 52.0 Å². The molecule has 1 saturated heterocycles. The van der Waals surface area contributed by atoms with Crippen molar-refractivity contribution < 1.29 is 13.9 Å². The molecule has 128 valence electrons. The van der Waals surface area contributed by atoms with Gasteiger partial charge in [0.15, 0.2) is 11.9 Å². The monoisotopic (exact) mass is 345 g/mol. The molecule has 3 rings (SSSR count). The Hall–Kier alpha value is -3.57. The Morgan fingerprint density at radius 2 is 2.00 bits per heavy atom. The van der Waals surface area contributed by atoms with Crippen molar-refractivity contribution in [3.8, 4) is 5.69 Å². The third-order valence-electron chi connectivity index (χ3n) is 3.73. The van der Waals surface area contributed by atoms with Crippen LogP contribution in [0.3, 0.4) is 0 Å². The lowest BCUT2D eigenvalue weighted by Gasteiger charge is -2.20. The number of rotatable bonds is 6. The minimum atomic E-state index is -2.15. The van der Waals surface area contributed by atoms with Gasteiger partial charge in [0, 0.05) is 12.4 Å². The number of ether oxygens (including phenoxy) is 1. The molecule has 1 aromatic heterocycles. The van der Waals surface area contributed by atoms with Crippen LogP contribution in [0.4, 0.5) is 14.9 Å². The van der Waals surface area contributed by atoms with Gasteiger partial charge in [0.1, 0.15) is 5.69 Å². The van der Waals surface area contributed by atoms with Crippen molar-refractivity contribution in [3.63, 3.8) is 0 Å². The fourth-order valence-electron chi connectivity index (χ4n) is 2.43. The van der Waals surface area contributed by atoms with E-state index in [-0.39, 0.29) is 17.9 Å². The second-order valence-corrected chi connectivity index (χ2v) is 5.09. The number of anilines is 1. The quantitative estimate of drug-likeness (QED) is 0.688. The van der Waals surface area contributed by atoms with E-state index in [1.165, 1.54) is 23.0 Å². The molecule has 2 heterocycles. The Morgan fingerprint density at radius 3 is 2.56 bits per heavy atom. The Labute approximate surface area is 139 Å². The van der Waals surface area contributed by atoms with Crippen LogP contribution in [0.5, 0.6) is 0 Å². The summed E-state index contributed by atoms with van der Waals surface area (Å²) in [7, 11) is 0. The lowest BCUT2D eigenvalue weighted by Crippen LogP contribution is -2.39. The van der Waals surface area contributed by atoms with Gasteiger partial charge in [0.2, 0.25) is 0 Å². The van der Waals surface area contributed by atoms with Crippen LogP contribution in [0.1, 0.15) is 0 Å². The van der Waals surface area contributed by atoms with Gasteiger partial charge in [-0.3, -0.25) is 4.90 Å². The van der Waals surface area contributed by atoms with Crippen LogP contribution in [-0.4, -0.2) is 34.3 Å². The first-order valence-corrected chi connectivity index (χ1v) is 6.98. The Morgan fingerprint density at radius 1 is 1.28 bits per heavy atom. The summed E-state index contributed by atoms with van der Waals surface area (Å²) in [6.45, 7) is -0.188. The SMILES string of the molecule is N=NC(N=N)(N=N)C1CN(c2ccc(-n3cccn3)c(F)c2)C(=O)O1. The predicted molar refractivity (Wildman–Crippen MR) is 79.3 cm³/mol. The number of cyclic esters (lactones) is 1. The number of halogens is 1. The van der Waals surface area contributed by atoms with Crippen LogP contribution in [0.25, 0.3) is 5.69 Å². The van der Waals surface area contributed by atoms with Gasteiger partial charge < -0.3 is 4.74 Å². The number of nitrogens with one attached hydrogen (secondary N) is 3. The highest BCUT2D eigenvalue weighted by Crippen LogP contribution is 2.32. The van der Waals surface area contributed by atoms with Crippen molar-refractivity contribution >= 4 is 11.8 Å². The number of hydrogen-bond acceptors (Lipinski definition) is 9. The van der Waals surface area contributed by atoms with Crippen LogP contribution in [-0.2, 0) is 4.74 Å². The molecule has 12 heteroatoms. The summed E-state index contributed by atoms with van der Waals surface area (Å²) in [5.41, 5.74) is 21.6. The zero-order valence-electron chi connectivity index (χ0n) is 12.6. The van der Waals surface area contributed by atoms with Crippen molar-refractivity contribution in [2.45, 2.75) is 11.9 Å². The van der Waals surface area contributed by atoms with Gasteiger partial charge >= 0.3 is 11.9 Å². The average molecular weight is 345 g/mol. The molecule has 3 N–H and O–H groups in total. The predicted octanol–water partition coefficient (Wildman–Crippen LogP) is 3.08. The largest absolute Gasteiger partial charge is 0.437 e. The molecule has 11 nitrogen and oxygen atoms in total. The van der Waals surface area contributed by atoms with Gasteiger partial charge in [-0.2, -0.15) is 5.10 Å². The van der Waals surface area contributed by atoms with Crippen molar-refractivity contribution in [2.75, 3.05) is 11.4 Å². The molecule has 0 bridgehead atoms. The molecule has 0 saturated carbocycles. The molecule has 25 heavy (non-hydrogen) atoms. The molecule has 1 amide bonds. The number of benzene rings is 1. The van der Waals surface area contributed by atoms with Gasteiger partial charge in [-0.25, -0.2) is 30.5 Å². The van der Waals surface area contributed by atoms with Crippen molar-refractivity contribution in [2.24, 2.45) is 15.3 Å². The molecule has 1 aliphatic rings. The summed E-state index contributed by atoms with van der Waals surface area (Å²) >= 11 is 0. The normalized spacial score (nSPS) is 19.2. The summed E-state index contributed by atoms with van der Waals surface area (Å²) in [6.07, 6.45) is 1.01. The van der Waals surface area contributed by atoms with E-state index in [2.05, 4.69) is 20.4 Å². The lowest BCUT2D eigenvalue weighted by molar-refractivity contribution is 0.0829. The van der Waals surface area contributed by atoms with Gasteiger partial charge in [0.25, 0.3) is 0 Å². The number of carbonyl (C=O) groups is 1. The first kappa shape index (κ1) is 16.3. The maximum Gasteiger partial charge on any atom is 0.414 e. The van der Waals surface area contributed by atoms with E-state index in [1.807, 2.05) is 0 Å². The van der Waals surface area contributed by atoms with E-state index in [1.54, 1.807) is 12.3 Å². The highest BCUT2D eigenvalue weighted by molar-refractivity contribution is 5.90. The fraction of sp³-hybridized carbons (Fsp3) is 0.231. The second-order valence-electron chi connectivity index (χ2n) is 5.09. The number of nitrogens with zero attached hydrogens (tertiary/aromatic N) is 6. The standard InChI is InChI=1S/C13H12FN9O2/c14-9-6-8(2-3-10(9)23-5-1-4-18-23)22-7-11(25-12(22)24)13(19-15,20-16)21-17/h1-6,11,15-17H,7H2. The highest BCUT2D eigenvalue weighted by atomic mass is 19.1. The zero-order valence-corrected chi connectivity index (χ0v) is 12.6. The Balaban J connectivity index is 1.89. The number of hydrogen-bond donors (Lipinski definition) is 3. The third-order valence-corrected chi connectivity index (χ3v) is 3.73. The molecule has 0 spiro atoms. The average Bonchev–Trinajstić information content (AvgIpc) is 3.27. The van der Waals surface area contributed by atoms with E-state index in [4.69, 9.17) is 21.3 Å². The lowest BCUT2D eigenvalue weighted by atomic mass is 10.2. The second kappa shape index (κ2) is 6.14. The Bertz CT molecular complexity index is 816. The number of carbonyl (C=O) groups excluding carboxylic acids is 1. The third kappa shape index (κ3) is 2.62. The number of amides is 1. The maximum atomic E-state index is 14.3. The molecule has 1 atom stereocenters. The molecule has 1 fully saturated rings. The van der Waals surface area contributed by atoms with Gasteiger partial charge in [-0.05, 0) is 24.3 Å². The van der Waals surface area contributed by atoms with E-state index in [0.717, 1.165) is 11.0 Å². The Kier molecular flexibility index (Phi) is 4.00. The van der Waals surface area contributed by atoms with Gasteiger partial charge in [-0.15, -0.1) is 15.3 Å². The molecule has 0 radical (unpaired) electrons.